The largest absolute Gasteiger partial charge is 0.496 e. The molecule has 0 spiro atoms. The molecule has 0 unspecified atom stereocenters. The Labute approximate surface area is 196 Å². The van der Waals surface area contributed by atoms with Crippen LogP contribution in [-0.2, 0) is 11.0 Å². The van der Waals surface area contributed by atoms with Gasteiger partial charge in [-0.2, -0.15) is 0 Å². The molecule has 6 nitrogen and oxygen atoms in total. The Morgan fingerprint density at radius 3 is 2.26 bits per heavy atom. The predicted octanol–water partition coefficient (Wildman–Crippen LogP) is 5.14. The van der Waals surface area contributed by atoms with Crippen molar-refractivity contribution in [1.29, 1.82) is 0 Å². The van der Waals surface area contributed by atoms with Crippen LogP contribution in [0.4, 0.5) is 8.78 Å². The molecule has 178 valence electrons. The van der Waals surface area contributed by atoms with Crippen LogP contribution in [0.3, 0.4) is 0 Å². The van der Waals surface area contributed by atoms with Crippen LogP contribution in [0.2, 0.25) is 0 Å². The predicted molar refractivity (Wildman–Crippen MR) is 132 cm³/mol. The molecule has 0 fully saturated rings. The summed E-state index contributed by atoms with van der Waals surface area (Å²) >= 11 is 0. The maximum Gasteiger partial charge on any atom is 0.258 e. The van der Waals surface area contributed by atoms with Gasteiger partial charge in [0.15, 0.2) is 0 Å². The van der Waals surface area contributed by atoms with Crippen LogP contribution < -0.4 is 15.6 Å². The van der Waals surface area contributed by atoms with Gasteiger partial charge in [-0.1, -0.05) is 19.9 Å². The Balaban J connectivity index is 0.00000158. The van der Waals surface area contributed by atoms with Crippen molar-refractivity contribution in [3.05, 3.63) is 82.0 Å². The van der Waals surface area contributed by atoms with Gasteiger partial charge in [0, 0.05) is 24.2 Å². The lowest BCUT2D eigenvalue weighted by Gasteiger charge is -2.13. The van der Waals surface area contributed by atoms with Gasteiger partial charge in [-0.15, -0.1) is 0 Å². The second kappa shape index (κ2) is 10.3. The normalized spacial score (nSPS) is 11.1. The minimum Gasteiger partial charge on any atom is -0.496 e. The van der Waals surface area contributed by atoms with Crippen molar-refractivity contribution in [3.63, 3.8) is 0 Å². The van der Waals surface area contributed by atoms with E-state index in [9.17, 15) is 18.1 Å². The first kappa shape index (κ1) is 25.2. The maximum atomic E-state index is 13.5. The van der Waals surface area contributed by atoms with Gasteiger partial charge in [0.1, 0.15) is 30.4 Å². The molecular weight excluding hydrogens is 459 g/mol. The van der Waals surface area contributed by atoms with Gasteiger partial charge in [-0.05, 0) is 49.2 Å². The number of aromatic amines is 1. The third kappa shape index (κ3) is 5.57. The lowest BCUT2D eigenvalue weighted by atomic mass is 10.1. The number of halogens is 2. The summed E-state index contributed by atoms with van der Waals surface area (Å²) in [5.74, 6) is -0.557. The molecule has 2 heterocycles. The SMILES string of the molecule is CC.COc1cc2c(=O)[nH]c(Cc3ccc(-c4cc(F)cc(F)c4)nc3)nc2cc1P(C)(C)=O. The monoisotopic (exact) mass is 485 g/mol. The summed E-state index contributed by atoms with van der Waals surface area (Å²) in [5.41, 5.74) is 1.58. The fraction of sp³-hybridized carbons (Fsp3) is 0.240. The molecule has 0 aliphatic rings. The first-order chi connectivity index (χ1) is 16.1. The molecule has 0 amide bonds. The van der Waals surface area contributed by atoms with Crippen LogP contribution in [-0.4, -0.2) is 35.4 Å². The third-order valence-corrected chi connectivity index (χ3v) is 6.50. The molecule has 0 atom stereocenters. The first-order valence-electron chi connectivity index (χ1n) is 10.7. The van der Waals surface area contributed by atoms with E-state index < -0.39 is 18.8 Å². The van der Waals surface area contributed by atoms with E-state index in [1.165, 1.54) is 19.2 Å². The molecular formula is C25H26F2N3O3P. The molecule has 2 aromatic heterocycles. The average Bonchev–Trinajstić information content (AvgIpc) is 2.79. The molecule has 2 aromatic carbocycles. The number of nitrogens with one attached hydrogen (secondary N) is 1. The minimum atomic E-state index is -2.66. The fourth-order valence-electron chi connectivity index (χ4n) is 3.47. The molecule has 1 N–H and O–H groups in total. The highest BCUT2D eigenvalue weighted by molar-refractivity contribution is 7.70. The Kier molecular flexibility index (Phi) is 7.62. The molecule has 9 heteroatoms. The molecule has 0 radical (unpaired) electrons. The number of aromatic nitrogens is 3. The lowest BCUT2D eigenvalue weighted by Crippen LogP contribution is -2.16. The fourth-order valence-corrected chi connectivity index (χ4v) is 4.59. The molecule has 0 saturated heterocycles. The van der Waals surface area contributed by atoms with Crippen LogP contribution in [0.25, 0.3) is 22.2 Å². The van der Waals surface area contributed by atoms with E-state index in [1.54, 1.807) is 43.8 Å². The van der Waals surface area contributed by atoms with E-state index in [0.717, 1.165) is 11.6 Å². The zero-order chi connectivity index (χ0) is 25.0. The molecule has 4 aromatic rings. The molecule has 0 saturated carbocycles. The summed E-state index contributed by atoms with van der Waals surface area (Å²) in [4.78, 5) is 24.2. The van der Waals surface area contributed by atoms with E-state index in [0.29, 0.717) is 39.0 Å². The summed E-state index contributed by atoms with van der Waals surface area (Å²) in [6.07, 6.45) is 1.85. The number of hydrogen-bond donors (Lipinski definition) is 1. The summed E-state index contributed by atoms with van der Waals surface area (Å²) in [5, 5.41) is 0.856. The Hall–Kier alpha value is -3.38. The number of methoxy groups -OCH3 is 1. The van der Waals surface area contributed by atoms with Crippen molar-refractivity contribution >= 4 is 23.3 Å². The third-order valence-electron chi connectivity index (χ3n) is 4.99. The Bertz CT molecular complexity index is 1410. The summed E-state index contributed by atoms with van der Waals surface area (Å²) in [6, 6.07) is 9.80. The van der Waals surface area contributed by atoms with E-state index in [4.69, 9.17) is 4.74 Å². The summed E-state index contributed by atoms with van der Waals surface area (Å²) in [6.45, 7) is 7.25. The Morgan fingerprint density at radius 1 is 1.03 bits per heavy atom. The van der Waals surface area contributed by atoms with Gasteiger partial charge < -0.3 is 14.3 Å². The van der Waals surface area contributed by atoms with Crippen LogP contribution in [0.5, 0.6) is 5.75 Å². The zero-order valence-electron chi connectivity index (χ0n) is 19.6. The second-order valence-corrected chi connectivity index (χ2v) is 11.0. The van der Waals surface area contributed by atoms with Crippen molar-refractivity contribution in [1.82, 2.24) is 15.0 Å². The van der Waals surface area contributed by atoms with Crippen LogP contribution in [0.1, 0.15) is 25.2 Å². The first-order valence-corrected chi connectivity index (χ1v) is 13.3. The van der Waals surface area contributed by atoms with Gasteiger partial charge in [-0.25, -0.2) is 13.8 Å². The van der Waals surface area contributed by atoms with Crippen molar-refractivity contribution in [2.24, 2.45) is 0 Å². The number of fused-ring (bicyclic) bond motifs is 1. The van der Waals surface area contributed by atoms with Crippen molar-refractivity contribution in [3.8, 4) is 17.0 Å². The van der Waals surface area contributed by atoms with Gasteiger partial charge in [0.05, 0.1) is 29.0 Å². The van der Waals surface area contributed by atoms with E-state index in [1.807, 2.05) is 13.8 Å². The molecule has 0 aliphatic carbocycles. The van der Waals surface area contributed by atoms with Gasteiger partial charge in [0.2, 0.25) is 0 Å². The lowest BCUT2D eigenvalue weighted by molar-refractivity contribution is 0.418. The van der Waals surface area contributed by atoms with Crippen LogP contribution >= 0.6 is 7.14 Å². The van der Waals surface area contributed by atoms with Gasteiger partial charge >= 0.3 is 0 Å². The number of hydrogen-bond acceptors (Lipinski definition) is 5. The number of benzene rings is 2. The maximum absolute atomic E-state index is 13.5. The van der Waals surface area contributed by atoms with Crippen molar-refractivity contribution in [2.75, 3.05) is 20.4 Å². The van der Waals surface area contributed by atoms with E-state index >= 15 is 0 Å². The number of pyridine rings is 1. The molecule has 0 aliphatic heterocycles. The molecule has 4 rings (SSSR count). The quantitative estimate of drug-likeness (QED) is 0.396. The number of H-pyrrole nitrogens is 1. The average molecular weight is 485 g/mol. The van der Waals surface area contributed by atoms with Crippen molar-refractivity contribution < 1.29 is 18.1 Å². The number of ether oxygens (including phenoxy) is 1. The molecule has 34 heavy (non-hydrogen) atoms. The van der Waals surface area contributed by atoms with Gasteiger partial charge in [-0.3, -0.25) is 9.78 Å². The number of rotatable bonds is 5. The zero-order valence-corrected chi connectivity index (χ0v) is 20.5. The van der Waals surface area contributed by atoms with Crippen molar-refractivity contribution in [2.45, 2.75) is 20.3 Å². The second-order valence-electron chi connectivity index (χ2n) is 7.79. The number of nitrogens with zero attached hydrogens (tertiary/aromatic N) is 2. The highest BCUT2D eigenvalue weighted by atomic mass is 31.2. The van der Waals surface area contributed by atoms with Gasteiger partial charge in [0.25, 0.3) is 5.56 Å². The summed E-state index contributed by atoms with van der Waals surface area (Å²) in [7, 11) is -1.19. The van der Waals surface area contributed by atoms with Crippen LogP contribution in [0, 0.1) is 11.6 Å². The highest BCUT2D eigenvalue weighted by Crippen LogP contribution is 2.39. The van der Waals surface area contributed by atoms with Crippen LogP contribution in [0.15, 0.2) is 53.5 Å². The standard InChI is InChI=1S/C23H20F2N3O3P.C2H6/c1-31-20-10-17-19(11-21(20)32(2,3)30)27-22(28-23(17)29)6-13-4-5-18(26-12-13)14-7-15(24)9-16(25)8-14;1-2/h4-5,7-12H,6H2,1-3H3,(H,27,28,29);1-2H3. The molecule has 0 bridgehead atoms. The van der Waals surface area contributed by atoms with E-state index in [-0.39, 0.29) is 12.0 Å². The minimum absolute atomic E-state index is 0.285. The topological polar surface area (TPSA) is 84.9 Å². The smallest absolute Gasteiger partial charge is 0.258 e. The Morgan fingerprint density at radius 2 is 1.71 bits per heavy atom. The van der Waals surface area contributed by atoms with E-state index in [2.05, 4.69) is 15.0 Å². The summed E-state index contributed by atoms with van der Waals surface area (Å²) < 4.78 is 44.9. The highest BCUT2D eigenvalue weighted by Gasteiger charge is 2.20.